The van der Waals surface area contributed by atoms with Crippen molar-refractivity contribution in [1.29, 1.82) is 0 Å². The molecule has 94 valence electrons. The molecule has 1 aliphatic rings. The van der Waals surface area contributed by atoms with E-state index < -0.39 is 0 Å². The lowest BCUT2D eigenvalue weighted by Crippen LogP contribution is -2.11. The summed E-state index contributed by atoms with van der Waals surface area (Å²) in [7, 11) is 0. The maximum Gasteiger partial charge on any atom is 0.140 e. The number of ether oxygens (including phenoxy) is 1. The second-order valence-corrected chi connectivity index (χ2v) is 4.39. The van der Waals surface area contributed by atoms with Crippen LogP contribution in [0.25, 0.3) is 0 Å². The number of rotatable bonds is 4. The molecule has 2 heterocycles. The molecule has 0 bridgehead atoms. The van der Waals surface area contributed by atoms with Crippen LogP contribution >= 0.6 is 0 Å². The van der Waals surface area contributed by atoms with E-state index in [1.165, 1.54) is 11.1 Å². The summed E-state index contributed by atoms with van der Waals surface area (Å²) in [5, 5.41) is 4.18. The number of nitrogens with two attached hydrogens (primary N) is 1. The Balaban J connectivity index is 1.70. The van der Waals surface area contributed by atoms with E-state index >= 15 is 0 Å². The summed E-state index contributed by atoms with van der Waals surface area (Å²) in [5.74, 6) is 1.86. The van der Waals surface area contributed by atoms with Crippen LogP contribution in [0.15, 0.2) is 24.5 Å². The average molecular weight is 244 g/mol. The summed E-state index contributed by atoms with van der Waals surface area (Å²) in [6.07, 6.45) is 3.50. The van der Waals surface area contributed by atoms with E-state index in [4.69, 9.17) is 10.5 Å². The van der Waals surface area contributed by atoms with Crippen LogP contribution in [0.2, 0.25) is 0 Å². The maximum absolute atomic E-state index is 5.60. The first-order valence-electron chi connectivity index (χ1n) is 6.18. The number of hydrogen-bond acceptors (Lipinski definition) is 4. The molecule has 1 aliphatic heterocycles. The third kappa shape index (κ3) is 2.09. The van der Waals surface area contributed by atoms with Crippen molar-refractivity contribution in [3.63, 3.8) is 0 Å². The van der Waals surface area contributed by atoms with E-state index in [-0.39, 0.29) is 0 Å². The fourth-order valence-electron chi connectivity index (χ4n) is 2.26. The average Bonchev–Trinajstić information content (AvgIpc) is 3.04. The molecule has 0 radical (unpaired) electrons. The van der Waals surface area contributed by atoms with Gasteiger partial charge in [-0.1, -0.05) is 12.1 Å². The van der Waals surface area contributed by atoms with Gasteiger partial charge >= 0.3 is 0 Å². The second-order valence-electron chi connectivity index (χ2n) is 4.39. The highest BCUT2D eigenvalue weighted by molar-refractivity contribution is 5.39. The van der Waals surface area contributed by atoms with Crippen LogP contribution < -0.4 is 10.5 Å². The van der Waals surface area contributed by atoms with Crippen LogP contribution in [0.3, 0.4) is 0 Å². The van der Waals surface area contributed by atoms with Gasteiger partial charge in [0.1, 0.15) is 17.9 Å². The Kier molecular flexibility index (Phi) is 2.98. The number of benzene rings is 1. The lowest BCUT2D eigenvalue weighted by Gasteiger charge is -2.06. The first-order valence-corrected chi connectivity index (χ1v) is 6.18. The van der Waals surface area contributed by atoms with Crippen LogP contribution in [0.1, 0.15) is 17.0 Å². The minimum Gasteiger partial charge on any atom is -0.493 e. The predicted octanol–water partition coefficient (Wildman–Crippen LogP) is 0.914. The number of fused-ring (bicyclic) bond motifs is 1. The minimum absolute atomic E-state index is 0.429. The van der Waals surface area contributed by atoms with Crippen LogP contribution in [0.4, 0.5) is 0 Å². The fourth-order valence-corrected chi connectivity index (χ4v) is 2.26. The van der Waals surface area contributed by atoms with Crippen molar-refractivity contribution in [2.45, 2.75) is 25.9 Å². The summed E-state index contributed by atoms with van der Waals surface area (Å²) in [5.41, 5.74) is 8.21. The second kappa shape index (κ2) is 4.78. The third-order valence-electron chi connectivity index (χ3n) is 3.24. The molecule has 2 aromatic rings. The Bertz CT molecular complexity index is 550. The minimum atomic E-state index is 0.429. The predicted molar refractivity (Wildman–Crippen MR) is 67.3 cm³/mol. The summed E-state index contributed by atoms with van der Waals surface area (Å²) in [6, 6.07) is 6.40. The highest BCUT2D eigenvalue weighted by Gasteiger charge is 2.12. The highest BCUT2D eigenvalue weighted by atomic mass is 16.5. The van der Waals surface area contributed by atoms with Gasteiger partial charge in [0.2, 0.25) is 0 Å². The van der Waals surface area contributed by atoms with E-state index in [9.17, 15) is 0 Å². The third-order valence-corrected chi connectivity index (χ3v) is 3.24. The lowest BCUT2D eigenvalue weighted by molar-refractivity contribution is 0.357. The highest BCUT2D eigenvalue weighted by Crippen LogP contribution is 2.26. The molecule has 1 aromatic heterocycles. The summed E-state index contributed by atoms with van der Waals surface area (Å²) in [6.45, 7) is 2.05. The fraction of sp³-hybridized carbons (Fsp3) is 0.385. The molecule has 0 saturated heterocycles. The molecular weight excluding hydrogens is 228 g/mol. The zero-order chi connectivity index (χ0) is 12.4. The van der Waals surface area contributed by atoms with E-state index in [1.54, 1.807) is 6.33 Å². The first kappa shape index (κ1) is 11.2. The molecule has 5 heteroatoms. The van der Waals surface area contributed by atoms with Gasteiger partial charge in [-0.3, -0.25) is 0 Å². The van der Waals surface area contributed by atoms with Crippen molar-refractivity contribution in [3.05, 3.63) is 41.5 Å². The van der Waals surface area contributed by atoms with Gasteiger partial charge in [-0.25, -0.2) is 9.67 Å². The molecule has 1 aromatic carbocycles. The van der Waals surface area contributed by atoms with Gasteiger partial charge in [0, 0.05) is 13.0 Å². The molecule has 18 heavy (non-hydrogen) atoms. The number of aromatic nitrogens is 3. The number of nitrogens with zero attached hydrogens (tertiary/aromatic N) is 3. The molecule has 3 rings (SSSR count). The van der Waals surface area contributed by atoms with E-state index in [2.05, 4.69) is 28.3 Å². The van der Waals surface area contributed by atoms with Gasteiger partial charge < -0.3 is 10.5 Å². The van der Waals surface area contributed by atoms with Crippen LogP contribution in [-0.2, 0) is 25.9 Å². The first-order chi connectivity index (χ1) is 8.86. The van der Waals surface area contributed by atoms with Crippen molar-refractivity contribution >= 4 is 0 Å². The van der Waals surface area contributed by atoms with Crippen molar-refractivity contribution in [1.82, 2.24) is 14.8 Å². The normalized spacial score (nSPS) is 13.4. The summed E-state index contributed by atoms with van der Waals surface area (Å²) < 4.78 is 7.36. The van der Waals surface area contributed by atoms with Crippen LogP contribution in [0, 0.1) is 0 Å². The van der Waals surface area contributed by atoms with Crippen LogP contribution in [0.5, 0.6) is 5.75 Å². The molecule has 0 saturated carbocycles. The Morgan fingerprint density at radius 3 is 3.22 bits per heavy atom. The van der Waals surface area contributed by atoms with Gasteiger partial charge in [0.25, 0.3) is 0 Å². The van der Waals surface area contributed by atoms with E-state index in [1.807, 2.05) is 4.68 Å². The molecule has 0 atom stereocenters. The van der Waals surface area contributed by atoms with E-state index in [0.29, 0.717) is 6.54 Å². The largest absolute Gasteiger partial charge is 0.493 e. The number of hydrogen-bond donors (Lipinski definition) is 1. The van der Waals surface area contributed by atoms with Crippen molar-refractivity contribution in [2.24, 2.45) is 5.73 Å². The Hall–Kier alpha value is -1.88. The topological polar surface area (TPSA) is 66.0 Å². The molecular formula is C13H16N4O. The Morgan fingerprint density at radius 1 is 1.39 bits per heavy atom. The SMILES string of the molecule is NCc1ncnn1CCc1ccc2c(c1)CCO2. The molecule has 0 spiro atoms. The van der Waals surface area contributed by atoms with Crippen LogP contribution in [-0.4, -0.2) is 21.4 Å². The standard InChI is InChI=1S/C13H16N4O/c14-8-13-15-9-16-17(13)5-3-10-1-2-12-11(7-10)4-6-18-12/h1-2,7,9H,3-6,8,14H2. The molecule has 5 nitrogen and oxygen atoms in total. The molecule has 0 amide bonds. The van der Waals surface area contributed by atoms with Gasteiger partial charge in [0.05, 0.1) is 13.2 Å². The summed E-state index contributed by atoms with van der Waals surface area (Å²) >= 11 is 0. The van der Waals surface area contributed by atoms with E-state index in [0.717, 1.165) is 37.6 Å². The molecule has 0 aliphatic carbocycles. The molecule has 0 fully saturated rings. The van der Waals surface area contributed by atoms with Gasteiger partial charge in [-0.15, -0.1) is 0 Å². The van der Waals surface area contributed by atoms with Crippen molar-refractivity contribution in [3.8, 4) is 5.75 Å². The molecule has 2 N–H and O–H groups in total. The number of aryl methyl sites for hydroxylation is 2. The smallest absolute Gasteiger partial charge is 0.140 e. The van der Waals surface area contributed by atoms with Gasteiger partial charge in [-0.05, 0) is 23.6 Å². The van der Waals surface area contributed by atoms with Crippen molar-refractivity contribution in [2.75, 3.05) is 6.61 Å². The lowest BCUT2D eigenvalue weighted by atomic mass is 10.1. The van der Waals surface area contributed by atoms with Crippen molar-refractivity contribution < 1.29 is 4.74 Å². The quantitative estimate of drug-likeness (QED) is 0.868. The Morgan fingerprint density at radius 2 is 2.33 bits per heavy atom. The maximum atomic E-state index is 5.60. The van der Waals surface area contributed by atoms with Gasteiger partial charge in [-0.2, -0.15) is 5.10 Å². The zero-order valence-corrected chi connectivity index (χ0v) is 10.2. The Labute approximate surface area is 106 Å². The van der Waals surface area contributed by atoms with Gasteiger partial charge in [0.15, 0.2) is 0 Å². The summed E-state index contributed by atoms with van der Waals surface area (Å²) in [4.78, 5) is 4.11. The monoisotopic (exact) mass is 244 g/mol. The molecule has 0 unspecified atom stereocenters. The zero-order valence-electron chi connectivity index (χ0n) is 10.2.